The lowest BCUT2D eigenvalue weighted by atomic mass is 10.2. The maximum Gasteiger partial charge on any atom is 0.411 e. The predicted octanol–water partition coefficient (Wildman–Crippen LogP) is 4.58. The third-order valence-corrected chi connectivity index (χ3v) is 9.34. The second kappa shape index (κ2) is 10.8. The quantitative estimate of drug-likeness (QED) is 0.565. The van der Waals surface area contributed by atoms with Gasteiger partial charge < -0.3 is 9.64 Å². The van der Waals surface area contributed by atoms with Gasteiger partial charge in [0.25, 0.3) is 0 Å². The van der Waals surface area contributed by atoms with Crippen molar-refractivity contribution in [1.82, 2.24) is 9.80 Å². The van der Waals surface area contributed by atoms with Crippen molar-refractivity contribution in [3.05, 3.63) is 41.6 Å². The Kier molecular flexibility index (Phi) is 9.34. The number of hydrogen-bond donors (Lipinski definition) is 0. The van der Waals surface area contributed by atoms with E-state index in [1.807, 2.05) is 47.6 Å². The molecule has 0 heterocycles. The zero-order valence-corrected chi connectivity index (χ0v) is 21.3. The highest BCUT2D eigenvalue weighted by Crippen LogP contribution is 2.21. The highest BCUT2D eigenvalue weighted by molar-refractivity contribution is 6.95. The number of hydrogen-bond acceptors (Lipinski definition) is 3. The first-order chi connectivity index (χ1) is 13.9. The molecule has 0 spiro atoms. The van der Waals surface area contributed by atoms with Gasteiger partial charge in [0.2, 0.25) is 5.91 Å². The Morgan fingerprint density at radius 3 is 2.07 bits per heavy atom. The molecule has 2 amide bonds. The molecule has 0 aromatic heterocycles. The molecular formula is C24H40N2O3Si. The number of ether oxygens (including phenoxy) is 1. The third-order valence-electron chi connectivity index (χ3n) is 5.52. The summed E-state index contributed by atoms with van der Waals surface area (Å²) in [4.78, 5) is 29.6. The molecule has 0 fully saturated rings. The summed E-state index contributed by atoms with van der Waals surface area (Å²) < 4.78 is 5.69. The van der Waals surface area contributed by atoms with Gasteiger partial charge in [0, 0.05) is 19.6 Å². The van der Waals surface area contributed by atoms with Crippen LogP contribution >= 0.6 is 0 Å². The Hall–Kier alpha value is -2.08. The van der Waals surface area contributed by atoms with Crippen LogP contribution in [-0.2, 0) is 9.53 Å². The predicted molar refractivity (Wildman–Crippen MR) is 128 cm³/mol. The second-order valence-electron chi connectivity index (χ2n) is 9.10. The van der Waals surface area contributed by atoms with Crippen LogP contribution in [0.5, 0.6) is 0 Å². The monoisotopic (exact) mass is 432 g/mol. The first-order valence-electron chi connectivity index (χ1n) is 10.9. The normalized spacial score (nSPS) is 13.6. The summed E-state index contributed by atoms with van der Waals surface area (Å²) in [5.74, 6) is -0.0551. The minimum Gasteiger partial charge on any atom is -0.444 e. The van der Waals surface area contributed by atoms with Crippen LogP contribution < -0.4 is 5.19 Å². The molecule has 0 aliphatic carbocycles. The molecule has 1 atom stereocenters. The molecule has 0 radical (unpaired) electrons. The van der Waals surface area contributed by atoms with E-state index in [0.717, 1.165) is 0 Å². The van der Waals surface area contributed by atoms with Gasteiger partial charge in [-0.3, -0.25) is 9.69 Å². The lowest BCUT2D eigenvalue weighted by Crippen LogP contribution is -2.54. The zero-order valence-electron chi connectivity index (χ0n) is 20.3. The SMILES string of the molecule is C/C=C(/CN(C(=O)OC(C)(C)C)[C@@H](C)C(=O)N(CC)CC)[Si](C)(C)c1ccccc1. The van der Waals surface area contributed by atoms with E-state index < -0.39 is 25.8 Å². The molecule has 1 rings (SSSR count). The van der Waals surface area contributed by atoms with E-state index in [9.17, 15) is 9.59 Å². The molecule has 0 saturated carbocycles. The summed E-state index contributed by atoms with van der Waals surface area (Å²) in [5.41, 5.74) is -0.629. The topological polar surface area (TPSA) is 49.9 Å². The van der Waals surface area contributed by atoms with E-state index >= 15 is 0 Å². The third kappa shape index (κ3) is 6.72. The van der Waals surface area contributed by atoms with Gasteiger partial charge >= 0.3 is 6.09 Å². The number of allylic oxidation sites excluding steroid dienone is 1. The first-order valence-corrected chi connectivity index (χ1v) is 13.9. The Bertz CT molecular complexity index is 735. The number of likely N-dealkylation sites (N-methyl/N-ethyl adjacent to an activating group) is 1. The molecule has 1 aromatic rings. The fraction of sp³-hybridized carbons (Fsp3) is 0.583. The van der Waals surface area contributed by atoms with Crippen molar-refractivity contribution in [1.29, 1.82) is 0 Å². The number of nitrogens with zero attached hydrogens (tertiary/aromatic N) is 2. The van der Waals surface area contributed by atoms with E-state index in [1.165, 1.54) is 10.4 Å². The molecule has 0 bridgehead atoms. The molecule has 0 N–H and O–H groups in total. The number of benzene rings is 1. The summed E-state index contributed by atoms with van der Waals surface area (Å²) in [6, 6.07) is 9.82. The van der Waals surface area contributed by atoms with Gasteiger partial charge in [0.15, 0.2) is 0 Å². The molecule has 0 saturated heterocycles. The fourth-order valence-corrected chi connectivity index (χ4v) is 6.17. The van der Waals surface area contributed by atoms with Gasteiger partial charge in [0.1, 0.15) is 19.7 Å². The molecule has 6 heteroatoms. The van der Waals surface area contributed by atoms with Crippen LogP contribution in [0.3, 0.4) is 0 Å². The Morgan fingerprint density at radius 2 is 1.63 bits per heavy atom. The minimum atomic E-state index is -2.01. The van der Waals surface area contributed by atoms with Crippen molar-refractivity contribution >= 4 is 25.3 Å². The number of amides is 2. The first kappa shape index (κ1) is 26.0. The van der Waals surface area contributed by atoms with Crippen molar-refractivity contribution in [2.75, 3.05) is 19.6 Å². The molecule has 168 valence electrons. The largest absolute Gasteiger partial charge is 0.444 e. The smallest absolute Gasteiger partial charge is 0.411 e. The average Bonchev–Trinajstić information content (AvgIpc) is 2.68. The van der Waals surface area contributed by atoms with E-state index in [2.05, 4.69) is 43.4 Å². The molecule has 0 unspecified atom stereocenters. The Morgan fingerprint density at radius 1 is 1.10 bits per heavy atom. The lowest BCUT2D eigenvalue weighted by molar-refractivity contribution is -0.135. The van der Waals surface area contributed by atoms with E-state index in [0.29, 0.717) is 19.6 Å². The van der Waals surface area contributed by atoms with E-state index in [1.54, 1.807) is 16.7 Å². The van der Waals surface area contributed by atoms with Crippen molar-refractivity contribution < 1.29 is 14.3 Å². The maximum absolute atomic E-state index is 13.1. The average molecular weight is 433 g/mol. The number of rotatable bonds is 8. The summed E-state index contributed by atoms with van der Waals surface area (Å²) in [5, 5.41) is 2.49. The van der Waals surface area contributed by atoms with Gasteiger partial charge in [-0.15, -0.1) is 0 Å². The Balaban J connectivity index is 3.29. The molecule has 5 nitrogen and oxygen atoms in total. The second-order valence-corrected chi connectivity index (χ2v) is 13.6. The van der Waals surface area contributed by atoms with E-state index in [4.69, 9.17) is 4.74 Å². The molecule has 0 aliphatic heterocycles. The lowest BCUT2D eigenvalue weighted by Gasteiger charge is -2.36. The van der Waals surface area contributed by atoms with Crippen molar-refractivity contribution in [2.24, 2.45) is 0 Å². The summed E-state index contributed by atoms with van der Waals surface area (Å²) in [7, 11) is -2.01. The zero-order chi connectivity index (χ0) is 23.1. The Labute approximate surface area is 184 Å². The summed E-state index contributed by atoms with van der Waals surface area (Å²) in [6.07, 6.45) is 1.65. The van der Waals surface area contributed by atoms with Crippen LogP contribution in [0.25, 0.3) is 0 Å². The van der Waals surface area contributed by atoms with Crippen LogP contribution in [0.15, 0.2) is 41.6 Å². The summed E-state index contributed by atoms with van der Waals surface area (Å²) >= 11 is 0. The van der Waals surface area contributed by atoms with Crippen molar-refractivity contribution in [3.63, 3.8) is 0 Å². The van der Waals surface area contributed by atoms with Gasteiger partial charge in [-0.1, -0.05) is 59.9 Å². The van der Waals surface area contributed by atoms with Crippen molar-refractivity contribution in [3.8, 4) is 0 Å². The molecule has 0 aliphatic rings. The summed E-state index contributed by atoms with van der Waals surface area (Å²) in [6.45, 7) is 19.4. The van der Waals surface area contributed by atoms with Crippen LogP contribution in [0.4, 0.5) is 4.79 Å². The molecular weight excluding hydrogens is 392 g/mol. The van der Waals surface area contributed by atoms with Gasteiger partial charge in [-0.2, -0.15) is 0 Å². The number of carbonyl (C=O) groups excluding carboxylic acids is 2. The number of carbonyl (C=O) groups is 2. The highest BCUT2D eigenvalue weighted by atomic mass is 28.3. The standard InChI is InChI=1S/C24H40N2O3Si/c1-10-20(30(8,9)21-16-14-13-15-17-21)18-26(23(28)29-24(5,6)7)19(4)22(27)25(11-2)12-3/h10,13-17,19H,11-12,18H2,1-9H3/b20-10-/t19-/m0/s1. The van der Waals surface area contributed by atoms with E-state index in [-0.39, 0.29) is 5.91 Å². The maximum atomic E-state index is 13.1. The highest BCUT2D eigenvalue weighted by Gasteiger charge is 2.36. The van der Waals surface area contributed by atoms with Crippen LogP contribution in [0, 0.1) is 0 Å². The van der Waals surface area contributed by atoms with Crippen LogP contribution in [0.1, 0.15) is 48.5 Å². The van der Waals surface area contributed by atoms with Gasteiger partial charge in [-0.05, 0) is 48.5 Å². The van der Waals surface area contributed by atoms with Gasteiger partial charge in [-0.25, -0.2) is 4.79 Å². The van der Waals surface area contributed by atoms with Gasteiger partial charge in [0.05, 0.1) is 0 Å². The molecule has 30 heavy (non-hydrogen) atoms. The fourth-order valence-electron chi connectivity index (χ4n) is 3.49. The molecule has 1 aromatic carbocycles. The minimum absolute atomic E-state index is 0.0551. The van der Waals surface area contributed by atoms with Crippen LogP contribution in [0.2, 0.25) is 13.1 Å². The van der Waals surface area contributed by atoms with Crippen molar-refractivity contribution in [2.45, 2.75) is 73.2 Å². The van der Waals surface area contributed by atoms with Crippen LogP contribution in [-0.4, -0.2) is 61.2 Å².